The first-order chi connectivity index (χ1) is 17.3. The van der Waals surface area contributed by atoms with Crippen LogP contribution in [0.3, 0.4) is 0 Å². The topological polar surface area (TPSA) is 55.8 Å². The molecule has 5 heteroatoms. The maximum absolute atomic E-state index is 14.3. The molecule has 0 heterocycles. The first kappa shape index (κ1) is 27.3. The number of carboxylic acids is 1. The lowest BCUT2D eigenvalue weighted by Gasteiger charge is -2.20. The molecule has 0 saturated carbocycles. The number of halogens is 1. The molecule has 0 amide bonds. The summed E-state index contributed by atoms with van der Waals surface area (Å²) in [6.07, 6.45) is 4.64. The highest BCUT2D eigenvalue weighted by Gasteiger charge is 2.13. The van der Waals surface area contributed by atoms with Gasteiger partial charge in [-0.3, -0.25) is 4.79 Å². The van der Waals surface area contributed by atoms with Crippen LogP contribution in [0.15, 0.2) is 54.6 Å². The Hall–Kier alpha value is -3.34. The quantitative estimate of drug-likeness (QED) is 0.262. The molecule has 3 aromatic rings. The van der Waals surface area contributed by atoms with Gasteiger partial charge < -0.3 is 14.6 Å². The van der Waals surface area contributed by atoms with E-state index in [1.807, 2.05) is 12.1 Å². The summed E-state index contributed by atoms with van der Waals surface area (Å²) in [5, 5.41) is 8.80. The van der Waals surface area contributed by atoms with Crippen LogP contribution in [-0.4, -0.2) is 17.2 Å². The van der Waals surface area contributed by atoms with Crippen molar-refractivity contribution in [3.63, 3.8) is 0 Å². The third-order valence-electron chi connectivity index (χ3n) is 6.28. The molecule has 36 heavy (non-hydrogen) atoms. The van der Waals surface area contributed by atoms with E-state index in [1.54, 1.807) is 12.1 Å². The Labute approximate surface area is 214 Å². The monoisotopic (exact) mass is 492 g/mol. The maximum Gasteiger partial charge on any atom is 0.303 e. The summed E-state index contributed by atoms with van der Waals surface area (Å²) >= 11 is 0. The second-order valence-electron chi connectivity index (χ2n) is 9.39. The molecule has 0 spiro atoms. The van der Waals surface area contributed by atoms with Crippen molar-refractivity contribution in [2.45, 2.75) is 78.9 Å². The van der Waals surface area contributed by atoms with Gasteiger partial charge in [0.05, 0.1) is 6.10 Å². The lowest BCUT2D eigenvalue weighted by molar-refractivity contribution is -0.136. The molecule has 1 N–H and O–H groups in total. The number of hydrogen-bond acceptors (Lipinski definition) is 3. The van der Waals surface area contributed by atoms with Gasteiger partial charge in [0, 0.05) is 12.5 Å². The molecular weight excluding hydrogens is 455 g/mol. The Kier molecular flexibility index (Phi) is 9.92. The Bertz CT molecular complexity index is 1140. The number of aliphatic carboxylic acids is 1. The SMILES string of the molecule is CCCC(CCC)Oc1cc(C)c(-c2cccc(COc3ccc(CCC(=O)O)c(F)c3)c2)c(C)c1. The fraction of sp³-hybridized carbons (Fsp3) is 0.387. The molecule has 0 radical (unpaired) electrons. The molecule has 3 aromatic carbocycles. The smallest absolute Gasteiger partial charge is 0.303 e. The number of rotatable bonds is 13. The molecular formula is C31H37FO4. The minimum atomic E-state index is -0.945. The van der Waals surface area contributed by atoms with Crippen molar-refractivity contribution in [1.29, 1.82) is 0 Å². The third kappa shape index (κ3) is 7.58. The summed E-state index contributed by atoms with van der Waals surface area (Å²) in [7, 11) is 0. The predicted octanol–water partition coefficient (Wildman–Crippen LogP) is 8.05. The molecule has 0 saturated heterocycles. The van der Waals surface area contributed by atoms with Gasteiger partial charge in [-0.2, -0.15) is 0 Å². The van der Waals surface area contributed by atoms with Crippen molar-refractivity contribution in [2.24, 2.45) is 0 Å². The highest BCUT2D eigenvalue weighted by Crippen LogP contribution is 2.32. The fourth-order valence-corrected chi connectivity index (χ4v) is 4.59. The first-order valence-electron chi connectivity index (χ1n) is 12.8. The second kappa shape index (κ2) is 13.1. The minimum Gasteiger partial charge on any atom is -0.490 e. The number of ether oxygens (including phenoxy) is 2. The minimum absolute atomic E-state index is 0.103. The van der Waals surface area contributed by atoms with Crippen LogP contribution in [0.1, 0.15) is 68.2 Å². The number of benzene rings is 3. The number of carbonyl (C=O) groups is 1. The second-order valence-corrected chi connectivity index (χ2v) is 9.39. The van der Waals surface area contributed by atoms with Crippen LogP contribution >= 0.6 is 0 Å². The van der Waals surface area contributed by atoms with Crippen molar-refractivity contribution in [3.8, 4) is 22.6 Å². The molecule has 0 atom stereocenters. The molecule has 192 valence electrons. The lowest BCUT2D eigenvalue weighted by atomic mass is 9.94. The molecule has 0 fully saturated rings. The van der Waals surface area contributed by atoms with E-state index in [-0.39, 0.29) is 18.9 Å². The summed E-state index contributed by atoms with van der Waals surface area (Å²) in [5.41, 5.74) is 5.96. The highest BCUT2D eigenvalue weighted by molar-refractivity contribution is 5.72. The van der Waals surface area contributed by atoms with Crippen molar-refractivity contribution >= 4 is 5.97 Å². The van der Waals surface area contributed by atoms with Crippen LogP contribution in [0.4, 0.5) is 4.39 Å². The average Bonchev–Trinajstić information content (AvgIpc) is 2.82. The fourth-order valence-electron chi connectivity index (χ4n) is 4.59. The summed E-state index contributed by atoms with van der Waals surface area (Å²) in [6, 6.07) is 17.0. The standard InChI is InChI=1S/C31H37FO4/c1-5-8-26(9-6-2)36-28-16-21(3)31(22(4)17-28)25-11-7-10-23(18-25)20-35-27-14-12-24(29(32)19-27)13-15-30(33)34/h7,10-12,14,16-19,26H,5-6,8-9,13,15,20H2,1-4H3,(H,33,34). The largest absolute Gasteiger partial charge is 0.490 e. The van der Waals surface area contributed by atoms with Gasteiger partial charge >= 0.3 is 5.97 Å². The Morgan fingerprint density at radius 3 is 2.25 bits per heavy atom. The molecule has 0 aliphatic rings. The molecule has 0 aliphatic heterocycles. The van der Waals surface area contributed by atoms with E-state index in [4.69, 9.17) is 14.6 Å². The zero-order valence-electron chi connectivity index (χ0n) is 21.8. The van der Waals surface area contributed by atoms with E-state index in [0.29, 0.717) is 17.9 Å². The van der Waals surface area contributed by atoms with Gasteiger partial charge in [0.2, 0.25) is 0 Å². The van der Waals surface area contributed by atoms with Crippen molar-refractivity contribution in [2.75, 3.05) is 0 Å². The lowest BCUT2D eigenvalue weighted by Crippen LogP contribution is -2.16. The van der Waals surface area contributed by atoms with Crippen LogP contribution in [0.2, 0.25) is 0 Å². The summed E-state index contributed by atoms with van der Waals surface area (Å²) < 4.78 is 26.5. The van der Waals surface area contributed by atoms with Gasteiger partial charge in [-0.05, 0) is 90.8 Å². The van der Waals surface area contributed by atoms with Gasteiger partial charge in [0.25, 0.3) is 0 Å². The van der Waals surface area contributed by atoms with E-state index in [9.17, 15) is 9.18 Å². The number of carboxylic acid groups (broad SMARTS) is 1. The van der Waals surface area contributed by atoms with Gasteiger partial charge in [-0.1, -0.05) is 51.0 Å². The molecule has 0 aromatic heterocycles. The van der Waals surface area contributed by atoms with Crippen LogP contribution in [0, 0.1) is 19.7 Å². The van der Waals surface area contributed by atoms with E-state index in [1.165, 1.54) is 11.6 Å². The highest BCUT2D eigenvalue weighted by atomic mass is 19.1. The summed E-state index contributed by atoms with van der Waals surface area (Å²) in [6.45, 7) is 8.91. The first-order valence-corrected chi connectivity index (χ1v) is 12.8. The van der Waals surface area contributed by atoms with Crippen LogP contribution in [0.25, 0.3) is 11.1 Å². The van der Waals surface area contributed by atoms with E-state index in [0.717, 1.165) is 53.7 Å². The molecule has 4 nitrogen and oxygen atoms in total. The van der Waals surface area contributed by atoms with Gasteiger partial charge in [0.15, 0.2) is 0 Å². The van der Waals surface area contributed by atoms with Crippen LogP contribution in [0.5, 0.6) is 11.5 Å². The number of aryl methyl sites for hydroxylation is 3. The average molecular weight is 493 g/mol. The maximum atomic E-state index is 14.3. The Morgan fingerprint density at radius 2 is 1.64 bits per heavy atom. The van der Waals surface area contributed by atoms with Gasteiger partial charge in [0.1, 0.15) is 23.9 Å². The number of hydrogen-bond donors (Lipinski definition) is 1. The zero-order valence-corrected chi connectivity index (χ0v) is 21.8. The zero-order chi connectivity index (χ0) is 26.1. The Morgan fingerprint density at radius 1 is 0.944 bits per heavy atom. The molecule has 0 bridgehead atoms. The molecule has 0 aliphatic carbocycles. The van der Waals surface area contributed by atoms with Crippen LogP contribution < -0.4 is 9.47 Å². The van der Waals surface area contributed by atoms with Crippen molar-refractivity contribution < 1.29 is 23.8 Å². The molecule has 3 rings (SSSR count). The van der Waals surface area contributed by atoms with Crippen LogP contribution in [-0.2, 0) is 17.8 Å². The molecule has 0 unspecified atom stereocenters. The van der Waals surface area contributed by atoms with E-state index < -0.39 is 11.8 Å². The predicted molar refractivity (Wildman–Crippen MR) is 142 cm³/mol. The normalized spacial score (nSPS) is 11.1. The van der Waals surface area contributed by atoms with Gasteiger partial charge in [-0.25, -0.2) is 4.39 Å². The summed E-state index contributed by atoms with van der Waals surface area (Å²) in [4.78, 5) is 10.7. The van der Waals surface area contributed by atoms with E-state index in [2.05, 4.69) is 52.0 Å². The van der Waals surface area contributed by atoms with Gasteiger partial charge in [-0.15, -0.1) is 0 Å². The van der Waals surface area contributed by atoms with E-state index >= 15 is 0 Å². The van der Waals surface area contributed by atoms with Crippen molar-refractivity contribution in [3.05, 3.63) is 82.7 Å². The summed E-state index contributed by atoms with van der Waals surface area (Å²) in [5.74, 6) is -0.0517. The van der Waals surface area contributed by atoms with Crippen molar-refractivity contribution in [1.82, 2.24) is 0 Å². The Balaban J connectivity index is 1.72. The third-order valence-corrected chi connectivity index (χ3v) is 6.28.